The average Bonchev–Trinajstić information content (AvgIpc) is 2.31. The van der Waals surface area contributed by atoms with Gasteiger partial charge in [-0.05, 0) is 6.07 Å². The highest BCUT2D eigenvalue weighted by molar-refractivity contribution is 5.73. The van der Waals surface area contributed by atoms with Crippen molar-refractivity contribution < 1.29 is 31.8 Å². The molecule has 19 heavy (non-hydrogen) atoms. The number of carbonyl (C=O) groups is 1. The van der Waals surface area contributed by atoms with Crippen LogP contribution in [-0.2, 0) is 22.6 Å². The van der Waals surface area contributed by atoms with E-state index in [1.54, 1.807) is 0 Å². The molecular formula is C10H9F4NO4. The molecule has 0 aliphatic rings. The van der Waals surface area contributed by atoms with Crippen molar-refractivity contribution in [1.29, 1.82) is 0 Å². The van der Waals surface area contributed by atoms with Crippen molar-refractivity contribution in [2.24, 2.45) is 0 Å². The molecule has 0 aromatic carbocycles. The maximum atomic E-state index is 12.4. The molecule has 0 aliphatic carbocycles. The first-order valence-corrected chi connectivity index (χ1v) is 4.90. The average molecular weight is 283 g/mol. The van der Waals surface area contributed by atoms with E-state index in [-0.39, 0.29) is 5.69 Å². The number of methoxy groups -OCH3 is 1. The minimum absolute atomic E-state index is 0.265. The van der Waals surface area contributed by atoms with Gasteiger partial charge < -0.3 is 14.5 Å². The van der Waals surface area contributed by atoms with E-state index in [2.05, 4.69) is 9.47 Å². The summed E-state index contributed by atoms with van der Waals surface area (Å²) in [7, 11) is 1.02. The van der Waals surface area contributed by atoms with Gasteiger partial charge in [-0.15, -0.1) is 13.2 Å². The van der Waals surface area contributed by atoms with Crippen LogP contribution in [0.1, 0.15) is 11.3 Å². The summed E-state index contributed by atoms with van der Waals surface area (Å²) in [5.41, 5.74) is -1.94. The van der Waals surface area contributed by atoms with E-state index in [1.807, 2.05) is 4.98 Å². The first-order valence-electron chi connectivity index (χ1n) is 4.90. The first-order chi connectivity index (χ1) is 8.76. The molecule has 0 bridgehead atoms. The lowest BCUT2D eigenvalue weighted by molar-refractivity contribution is -0.275. The maximum Gasteiger partial charge on any atom is 0.573 e. The normalized spacial score (nSPS) is 11.2. The molecule has 9 heteroatoms. The lowest BCUT2D eigenvalue weighted by Gasteiger charge is -2.12. The molecule has 1 aromatic heterocycles. The Morgan fingerprint density at radius 3 is 2.53 bits per heavy atom. The fourth-order valence-electron chi connectivity index (χ4n) is 1.32. The van der Waals surface area contributed by atoms with Crippen LogP contribution in [0.5, 0.6) is 5.75 Å². The van der Waals surface area contributed by atoms with E-state index >= 15 is 0 Å². The molecule has 1 N–H and O–H groups in total. The van der Waals surface area contributed by atoms with Gasteiger partial charge in [-0.1, -0.05) is 0 Å². The zero-order chi connectivity index (χ0) is 14.6. The predicted octanol–water partition coefficient (Wildman–Crippen LogP) is 1.46. The molecule has 0 saturated heterocycles. The summed E-state index contributed by atoms with van der Waals surface area (Å²) >= 11 is 0. The molecule has 5 nitrogen and oxygen atoms in total. The highest BCUT2D eigenvalue weighted by Gasteiger charge is 2.34. The second-order valence-corrected chi connectivity index (χ2v) is 3.41. The Morgan fingerprint density at radius 1 is 1.42 bits per heavy atom. The van der Waals surface area contributed by atoms with Crippen LogP contribution in [0.4, 0.5) is 17.6 Å². The first kappa shape index (κ1) is 15.0. The number of hydrogen-bond acceptors (Lipinski definition) is 4. The molecule has 0 atom stereocenters. The van der Waals surface area contributed by atoms with Crippen LogP contribution in [0.15, 0.2) is 10.9 Å². The third-order valence-corrected chi connectivity index (χ3v) is 2.04. The van der Waals surface area contributed by atoms with Crippen molar-refractivity contribution in [2.45, 2.75) is 19.5 Å². The second-order valence-electron chi connectivity index (χ2n) is 3.41. The van der Waals surface area contributed by atoms with Crippen molar-refractivity contribution in [1.82, 2.24) is 4.98 Å². The minimum Gasteiger partial charge on any atom is -0.469 e. The largest absolute Gasteiger partial charge is 0.573 e. The summed E-state index contributed by atoms with van der Waals surface area (Å²) in [6, 6.07) is 0.902. The molecule has 0 aliphatic heterocycles. The van der Waals surface area contributed by atoms with Gasteiger partial charge in [0, 0.05) is 11.3 Å². The number of carbonyl (C=O) groups excluding carboxylic acids is 1. The number of hydrogen-bond donors (Lipinski definition) is 1. The number of halogens is 4. The zero-order valence-electron chi connectivity index (χ0n) is 9.64. The third kappa shape index (κ3) is 4.27. The molecule has 0 amide bonds. The summed E-state index contributed by atoms with van der Waals surface area (Å²) < 4.78 is 56.6. The van der Waals surface area contributed by atoms with E-state index in [0.29, 0.717) is 0 Å². The highest BCUT2D eigenvalue weighted by Crippen LogP contribution is 2.24. The zero-order valence-corrected chi connectivity index (χ0v) is 9.64. The molecule has 1 heterocycles. The fraction of sp³-hybridized carbons (Fsp3) is 0.400. The Morgan fingerprint density at radius 2 is 2.05 bits per heavy atom. The van der Waals surface area contributed by atoms with Gasteiger partial charge in [-0.2, -0.15) is 0 Å². The van der Waals surface area contributed by atoms with Crippen LogP contribution >= 0.6 is 0 Å². The summed E-state index contributed by atoms with van der Waals surface area (Å²) in [6.07, 6.45) is -5.74. The lowest BCUT2D eigenvalue weighted by Crippen LogP contribution is -2.25. The molecule has 0 saturated carbocycles. The molecule has 106 valence electrons. The van der Waals surface area contributed by atoms with Gasteiger partial charge in [0.15, 0.2) is 5.75 Å². The van der Waals surface area contributed by atoms with Gasteiger partial charge in [0.25, 0.3) is 5.56 Å². The van der Waals surface area contributed by atoms with E-state index in [1.165, 1.54) is 0 Å². The fourth-order valence-corrected chi connectivity index (χ4v) is 1.32. The Labute approximate surface area is 104 Å². The topological polar surface area (TPSA) is 68.4 Å². The summed E-state index contributed by atoms with van der Waals surface area (Å²) in [4.78, 5) is 24.3. The Hall–Kier alpha value is -2.06. The van der Waals surface area contributed by atoms with Gasteiger partial charge in [0.1, 0.15) is 6.67 Å². The third-order valence-electron chi connectivity index (χ3n) is 2.04. The SMILES string of the molecule is COC(=O)Cc1cc(CF)[nH]c(=O)c1OC(F)(F)F. The van der Waals surface area contributed by atoms with E-state index in [0.717, 1.165) is 13.2 Å². The van der Waals surface area contributed by atoms with Gasteiger partial charge in [0.05, 0.1) is 13.5 Å². The van der Waals surface area contributed by atoms with Crippen molar-refractivity contribution in [3.05, 3.63) is 27.7 Å². The van der Waals surface area contributed by atoms with Crippen molar-refractivity contribution in [3.8, 4) is 5.75 Å². The Balaban J connectivity index is 3.25. The van der Waals surface area contributed by atoms with Crippen LogP contribution in [-0.4, -0.2) is 24.4 Å². The minimum atomic E-state index is -5.10. The van der Waals surface area contributed by atoms with Crippen LogP contribution < -0.4 is 10.3 Å². The predicted molar refractivity (Wildman–Crippen MR) is 54.3 cm³/mol. The van der Waals surface area contributed by atoms with E-state index < -0.39 is 42.3 Å². The van der Waals surface area contributed by atoms with Crippen molar-refractivity contribution in [2.75, 3.05) is 7.11 Å². The van der Waals surface area contributed by atoms with Crippen LogP contribution in [0.25, 0.3) is 0 Å². The molecule has 0 fully saturated rings. The van der Waals surface area contributed by atoms with E-state index in [4.69, 9.17) is 0 Å². The number of alkyl halides is 4. The van der Waals surface area contributed by atoms with Gasteiger partial charge in [-0.25, -0.2) is 4.39 Å². The van der Waals surface area contributed by atoms with Crippen LogP contribution in [0.2, 0.25) is 0 Å². The van der Waals surface area contributed by atoms with Gasteiger partial charge in [0.2, 0.25) is 0 Å². The number of esters is 1. The summed E-state index contributed by atoms with van der Waals surface area (Å²) in [5, 5.41) is 0. The van der Waals surface area contributed by atoms with Crippen molar-refractivity contribution >= 4 is 5.97 Å². The summed E-state index contributed by atoms with van der Waals surface area (Å²) in [6.45, 7) is -1.10. The van der Waals surface area contributed by atoms with Gasteiger partial charge >= 0.3 is 12.3 Å². The van der Waals surface area contributed by atoms with Gasteiger partial charge in [-0.3, -0.25) is 9.59 Å². The van der Waals surface area contributed by atoms with E-state index in [9.17, 15) is 27.2 Å². The molecule has 0 radical (unpaired) electrons. The quantitative estimate of drug-likeness (QED) is 0.671. The molecular weight excluding hydrogens is 274 g/mol. The number of nitrogens with one attached hydrogen (secondary N) is 1. The number of ether oxygens (including phenoxy) is 2. The van der Waals surface area contributed by atoms with Crippen LogP contribution in [0.3, 0.4) is 0 Å². The standard InChI is InChI=1S/C10H9F4NO4/c1-18-7(16)3-5-2-6(4-11)15-9(17)8(5)19-10(12,13)14/h2H,3-4H2,1H3,(H,15,17). The van der Waals surface area contributed by atoms with Crippen molar-refractivity contribution in [3.63, 3.8) is 0 Å². The number of aromatic amines is 1. The highest BCUT2D eigenvalue weighted by atomic mass is 19.4. The number of aromatic nitrogens is 1. The monoisotopic (exact) mass is 283 g/mol. The Kier molecular flexibility index (Phi) is 4.52. The number of rotatable bonds is 4. The summed E-state index contributed by atoms with van der Waals surface area (Å²) in [5.74, 6) is -1.99. The Bertz CT molecular complexity index is 523. The molecule has 0 unspecified atom stereocenters. The maximum absolute atomic E-state index is 12.4. The second kappa shape index (κ2) is 5.72. The number of H-pyrrole nitrogens is 1. The molecule has 0 spiro atoms. The molecule has 1 aromatic rings. The lowest BCUT2D eigenvalue weighted by atomic mass is 10.1. The number of pyridine rings is 1. The molecule has 1 rings (SSSR count). The smallest absolute Gasteiger partial charge is 0.469 e. The van der Waals surface area contributed by atoms with Crippen LogP contribution in [0, 0.1) is 0 Å².